The summed E-state index contributed by atoms with van der Waals surface area (Å²) in [6.07, 6.45) is 1.59. The van der Waals surface area contributed by atoms with Crippen molar-refractivity contribution in [3.05, 3.63) is 92.9 Å². The van der Waals surface area contributed by atoms with E-state index in [0.717, 1.165) is 0 Å². The number of carbonyl (C=O) groups is 2. The number of pyridine rings is 2. The molecular weight excluding hydrogens is 428 g/mol. The van der Waals surface area contributed by atoms with Crippen LogP contribution >= 0.6 is 11.6 Å². The van der Waals surface area contributed by atoms with Crippen LogP contribution in [0.2, 0.25) is 5.02 Å². The molecule has 2 aromatic heterocycles. The molecule has 0 fully saturated rings. The van der Waals surface area contributed by atoms with Crippen molar-refractivity contribution in [2.75, 3.05) is 12.3 Å². The first-order valence-corrected chi connectivity index (χ1v) is 10.4. The number of hydrogen-bond donors (Lipinski definition) is 1. The second-order valence-corrected chi connectivity index (χ2v) is 7.84. The standard InChI is InChI=1S/C25H17ClN2O4/c1-2-32-25(31)19-16-11-14(26)12-17-18(16)22-15(21(19)27)9-6-10-28(22)24(30)20(17)23(29)13-7-4-3-5-8-13/h3-12H,2,27H2,1H3. The van der Waals surface area contributed by atoms with Crippen LogP contribution in [0.1, 0.15) is 33.2 Å². The highest BCUT2D eigenvalue weighted by molar-refractivity contribution is 6.36. The number of halogens is 1. The highest BCUT2D eigenvalue weighted by Crippen LogP contribution is 2.40. The number of rotatable bonds is 4. The van der Waals surface area contributed by atoms with Gasteiger partial charge in [-0.1, -0.05) is 41.9 Å². The molecule has 5 aromatic rings. The van der Waals surface area contributed by atoms with Crippen molar-refractivity contribution in [3.8, 4) is 0 Å². The van der Waals surface area contributed by atoms with Crippen molar-refractivity contribution in [3.63, 3.8) is 0 Å². The van der Waals surface area contributed by atoms with Crippen LogP contribution in [0.4, 0.5) is 5.69 Å². The lowest BCUT2D eigenvalue weighted by Gasteiger charge is -2.19. The van der Waals surface area contributed by atoms with Gasteiger partial charge in [0.15, 0.2) is 5.78 Å². The van der Waals surface area contributed by atoms with Crippen LogP contribution in [-0.4, -0.2) is 22.8 Å². The normalized spacial score (nSPS) is 11.4. The molecule has 6 nitrogen and oxygen atoms in total. The zero-order chi connectivity index (χ0) is 22.6. The molecule has 0 aliphatic carbocycles. The summed E-state index contributed by atoms with van der Waals surface area (Å²) in [5.74, 6) is -1.02. The third kappa shape index (κ3) is 2.77. The van der Waals surface area contributed by atoms with Gasteiger partial charge >= 0.3 is 5.97 Å². The smallest absolute Gasteiger partial charge is 0.340 e. The average molecular weight is 445 g/mol. The van der Waals surface area contributed by atoms with Crippen LogP contribution in [0.15, 0.2) is 65.6 Å². The Morgan fingerprint density at radius 3 is 2.38 bits per heavy atom. The van der Waals surface area contributed by atoms with Crippen LogP contribution in [0, 0.1) is 0 Å². The molecule has 0 radical (unpaired) electrons. The van der Waals surface area contributed by atoms with E-state index in [1.165, 1.54) is 4.40 Å². The van der Waals surface area contributed by atoms with E-state index in [1.54, 1.807) is 67.7 Å². The summed E-state index contributed by atoms with van der Waals surface area (Å²) in [6, 6.07) is 15.1. The van der Waals surface area contributed by atoms with Gasteiger partial charge in [0.2, 0.25) is 0 Å². The first-order chi connectivity index (χ1) is 15.4. The Bertz CT molecular complexity index is 1610. The summed E-state index contributed by atoms with van der Waals surface area (Å²) >= 11 is 6.41. The van der Waals surface area contributed by atoms with E-state index in [0.29, 0.717) is 32.6 Å². The van der Waals surface area contributed by atoms with Crippen LogP contribution in [-0.2, 0) is 4.74 Å². The SMILES string of the molecule is CCOC(=O)c1c(N)c2cccn3c(=O)c(C(=O)c4ccccc4)c4cc(Cl)cc1c4c23. The Morgan fingerprint density at radius 1 is 1.00 bits per heavy atom. The number of benzene rings is 3. The molecule has 32 heavy (non-hydrogen) atoms. The van der Waals surface area contributed by atoms with Crippen molar-refractivity contribution < 1.29 is 14.3 Å². The van der Waals surface area contributed by atoms with E-state index in [4.69, 9.17) is 22.1 Å². The minimum absolute atomic E-state index is 0.0201. The number of esters is 1. The van der Waals surface area contributed by atoms with Gasteiger partial charge < -0.3 is 10.5 Å². The summed E-state index contributed by atoms with van der Waals surface area (Å²) in [4.78, 5) is 39.8. The lowest BCUT2D eigenvalue weighted by molar-refractivity contribution is 0.0530. The predicted octanol–water partition coefficient (Wildman–Crippen LogP) is 4.69. The predicted molar refractivity (Wildman–Crippen MR) is 125 cm³/mol. The van der Waals surface area contributed by atoms with Crippen molar-refractivity contribution in [2.24, 2.45) is 0 Å². The molecule has 2 heterocycles. The minimum Gasteiger partial charge on any atom is -0.462 e. The first-order valence-electron chi connectivity index (χ1n) is 10.0. The molecule has 0 atom stereocenters. The molecule has 5 rings (SSSR count). The Morgan fingerprint density at radius 2 is 1.69 bits per heavy atom. The van der Waals surface area contributed by atoms with Crippen LogP contribution in [0.3, 0.4) is 0 Å². The van der Waals surface area contributed by atoms with Crippen molar-refractivity contribution in [1.82, 2.24) is 4.40 Å². The molecule has 7 heteroatoms. The van der Waals surface area contributed by atoms with E-state index in [1.807, 2.05) is 0 Å². The average Bonchev–Trinajstić information content (AvgIpc) is 2.79. The van der Waals surface area contributed by atoms with Gasteiger partial charge in [-0.25, -0.2) is 4.79 Å². The largest absolute Gasteiger partial charge is 0.462 e. The van der Waals surface area contributed by atoms with Gasteiger partial charge in [-0.3, -0.25) is 14.0 Å². The van der Waals surface area contributed by atoms with Crippen LogP contribution in [0.5, 0.6) is 0 Å². The monoisotopic (exact) mass is 444 g/mol. The Hall–Kier alpha value is -3.90. The number of anilines is 1. The third-order valence-electron chi connectivity index (χ3n) is 5.61. The molecule has 0 spiro atoms. The fraction of sp³-hybridized carbons (Fsp3) is 0.0800. The number of aromatic nitrogens is 1. The second kappa shape index (κ2) is 7.35. The van der Waals surface area contributed by atoms with Crippen LogP contribution in [0.25, 0.3) is 27.1 Å². The maximum absolute atomic E-state index is 13.5. The number of ketones is 1. The molecule has 0 aliphatic heterocycles. The third-order valence-corrected chi connectivity index (χ3v) is 5.83. The highest BCUT2D eigenvalue weighted by atomic mass is 35.5. The molecule has 2 N–H and O–H groups in total. The van der Waals surface area contributed by atoms with E-state index in [-0.39, 0.29) is 28.4 Å². The second-order valence-electron chi connectivity index (χ2n) is 7.40. The summed E-state index contributed by atoms with van der Waals surface area (Å²) in [5, 5.41) is 2.15. The fourth-order valence-electron chi connectivity index (χ4n) is 4.30. The van der Waals surface area contributed by atoms with Gasteiger partial charge in [0.05, 0.1) is 28.9 Å². The molecule has 0 saturated carbocycles. The van der Waals surface area contributed by atoms with Gasteiger partial charge in [0.1, 0.15) is 0 Å². The van der Waals surface area contributed by atoms with Gasteiger partial charge in [-0.05, 0) is 31.2 Å². The maximum Gasteiger partial charge on any atom is 0.340 e. The number of nitrogens with zero attached hydrogens (tertiary/aromatic N) is 1. The number of ether oxygens (including phenoxy) is 1. The lowest BCUT2D eigenvalue weighted by Crippen LogP contribution is -2.24. The first kappa shape index (κ1) is 20.0. The van der Waals surface area contributed by atoms with Crippen molar-refractivity contribution in [2.45, 2.75) is 6.92 Å². The van der Waals surface area contributed by atoms with E-state index >= 15 is 0 Å². The van der Waals surface area contributed by atoms with E-state index in [2.05, 4.69) is 0 Å². The number of carbonyl (C=O) groups excluding carboxylic acids is 2. The van der Waals surface area contributed by atoms with Gasteiger partial charge in [0, 0.05) is 38.3 Å². The molecular formula is C25H17ClN2O4. The van der Waals surface area contributed by atoms with Crippen LogP contribution < -0.4 is 11.3 Å². The number of nitrogen functional groups attached to an aromatic ring is 1. The topological polar surface area (TPSA) is 90.9 Å². The quantitative estimate of drug-likeness (QED) is 0.188. The molecule has 158 valence electrons. The molecule has 0 bridgehead atoms. The van der Waals surface area contributed by atoms with Gasteiger partial charge in [-0.2, -0.15) is 0 Å². The molecule has 3 aromatic carbocycles. The maximum atomic E-state index is 13.5. The fourth-order valence-corrected chi connectivity index (χ4v) is 4.52. The molecule has 0 aliphatic rings. The van der Waals surface area contributed by atoms with Crippen molar-refractivity contribution >= 4 is 56.1 Å². The zero-order valence-corrected chi connectivity index (χ0v) is 17.8. The lowest BCUT2D eigenvalue weighted by atomic mass is 9.91. The summed E-state index contributed by atoms with van der Waals surface area (Å²) in [6.45, 7) is 1.87. The summed E-state index contributed by atoms with van der Waals surface area (Å²) in [5.41, 5.74) is 7.15. The zero-order valence-electron chi connectivity index (χ0n) is 17.0. The van der Waals surface area contributed by atoms with Gasteiger partial charge in [0.25, 0.3) is 5.56 Å². The number of hydrogen-bond acceptors (Lipinski definition) is 5. The Balaban J connectivity index is 2.03. The Labute approximate surface area is 187 Å². The molecule has 0 amide bonds. The van der Waals surface area contributed by atoms with E-state index < -0.39 is 17.3 Å². The summed E-state index contributed by atoms with van der Waals surface area (Å²) < 4.78 is 6.65. The summed E-state index contributed by atoms with van der Waals surface area (Å²) in [7, 11) is 0. The van der Waals surface area contributed by atoms with E-state index in [9.17, 15) is 14.4 Å². The van der Waals surface area contributed by atoms with Gasteiger partial charge in [-0.15, -0.1) is 0 Å². The number of nitrogens with two attached hydrogens (primary N) is 1. The molecule has 0 saturated heterocycles. The van der Waals surface area contributed by atoms with Crippen molar-refractivity contribution in [1.29, 1.82) is 0 Å². The molecule has 0 unspecified atom stereocenters. The highest BCUT2D eigenvalue weighted by Gasteiger charge is 2.27. The Kier molecular flexibility index (Phi) is 4.60. The minimum atomic E-state index is -0.594.